The molecule has 1 aromatic rings. The molecule has 0 bridgehead atoms. The lowest BCUT2D eigenvalue weighted by atomic mass is 10.3. The molecule has 1 aromatic heterocycles. The third-order valence-electron chi connectivity index (χ3n) is 1.90. The quantitative estimate of drug-likeness (QED) is 0.740. The molecule has 0 aliphatic heterocycles. The van der Waals surface area contributed by atoms with E-state index in [4.69, 9.17) is 16.7 Å². The molecule has 0 saturated heterocycles. The van der Waals surface area contributed by atoms with E-state index in [1.165, 1.54) is 0 Å². The maximum atomic E-state index is 8.92. The van der Waals surface area contributed by atoms with E-state index in [1.54, 1.807) is 12.3 Å². The Morgan fingerprint density at radius 3 is 2.92 bits per heavy atom. The predicted octanol–water partition coefficient (Wildman–Crippen LogP) is 0.947. The van der Waals surface area contributed by atoms with E-state index in [0.29, 0.717) is 5.82 Å². The van der Waals surface area contributed by atoms with Crippen molar-refractivity contribution < 1.29 is 5.11 Å². The van der Waals surface area contributed by atoms with Crippen molar-refractivity contribution in [1.82, 2.24) is 9.97 Å². The van der Waals surface area contributed by atoms with Gasteiger partial charge < -0.3 is 10.0 Å². The predicted molar refractivity (Wildman–Crippen MR) is 52.0 cm³/mol. The summed E-state index contributed by atoms with van der Waals surface area (Å²) in [7, 11) is 1.85. The number of nitrogens with zero attached hydrogens (tertiary/aromatic N) is 3. The highest BCUT2D eigenvalue weighted by Gasteiger charge is 2.09. The van der Waals surface area contributed by atoms with Gasteiger partial charge in [-0.15, -0.1) is 0 Å². The normalized spacial score (nSPS) is 12.6. The minimum atomic E-state index is 0.0194. The van der Waals surface area contributed by atoms with Gasteiger partial charge in [-0.05, 0) is 24.6 Å². The Morgan fingerprint density at radius 2 is 2.38 bits per heavy atom. The highest BCUT2D eigenvalue weighted by molar-refractivity contribution is 6.28. The van der Waals surface area contributed by atoms with E-state index < -0.39 is 0 Å². The van der Waals surface area contributed by atoms with Gasteiger partial charge in [0.2, 0.25) is 5.28 Å². The molecule has 0 saturated carbocycles. The second kappa shape index (κ2) is 4.39. The fraction of sp³-hybridized carbons (Fsp3) is 0.500. The molecule has 0 spiro atoms. The molecule has 72 valence electrons. The van der Waals surface area contributed by atoms with Gasteiger partial charge in [-0.1, -0.05) is 0 Å². The number of hydrogen-bond donors (Lipinski definition) is 1. The van der Waals surface area contributed by atoms with Gasteiger partial charge in [0.1, 0.15) is 5.82 Å². The van der Waals surface area contributed by atoms with Crippen molar-refractivity contribution in [1.29, 1.82) is 0 Å². The van der Waals surface area contributed by atoms with Crippen molar-refractivity contribution in [3.8, 4) is 0 Å². The largest absolute Gasteiger partial charge is 0.394 e. The zero-order valence-electron chi connectivity index (χ0n) is 7.61. The molecule has 1 heterocycles. The van der Waals surface area contributed by atoms with Gasteiger partial charge in [0, 0.05) is 13.2 Å². The fourth-order valence-electron chi connectivity index (χ4n) is 0.871. The van der Waals surface area contributed by atoms with Crippen molar-refractivity contribution in [2.45, 2.75) is 13.0 Å². The van der Waals surface area contributed by atoms with Crippen LogP contribution >= 0.6 is 11.6 Å². The van der Waals surface area contributed by atoms with Gasteiger partial charge in [-0.25, -0.2) is 9.97 Å². The Bertz CT molecular complexity index is 282. The number of aromatic nitrogens is 2. The first kappa shape index (κ1) is 10.2. The molecule has 0 aromatic carbocycles. The lowest BCUT2D eigenvalue weighted by Crippen LogP contribution is -2.32. The highest BCUT2D eigenvalue weighted by Crippen LogP contribution is 2.12. The maximum Gasteiger partial charge on any atom is 0.224 e. The van der Waals surface area contributed by atoms with Gasteiger partial charge in [0.05, 0.1) is 12.6 Å². The summed E-state index contributed by atoms with van der Waals surface area (Å²) in [5.74, 6) is 0.710. The Morgan fingerprint density at radius 1 is 1.69 bits per heavy atom. The van der Waals surface area contributed by atoms with Crippen molar-refractivity contribution in [2.24, 2.45) is 0 Å². The van der Waals surface area contributed by atoms with E-state index >= 15 is 0 Å². The van der Waals surface area contributed by atoms with Crippen LogP contribution in [0.5, 0.6) is 0 Å². The highest BCUT2D eigenvalue weighted by atomic mass is 35.5. The van der Waals surface area contributed by atoms with Crippen LogP contribution in [0.4, 0.5) is 5.82 Å². The lowest BCUT2D eigenvalue weighted by Gasteiger charge is -2.23. The van der Waals surface area contributed by atoms with Crippen LogP contribution in [0.3, 0.4) is 0 Å². The number of hydrogen-bond acceptors (Lipinski definition) is 4. The molecule has 1 rings (SSSR count). The van der Waals surface area contributed by atoms with Crippen LogP contribution in [0.1, 0.15) is 6.92 Å². The second-order valence-corrected chi connectivity index (χ2v) is 3.16. The standard InChI is InChI=1S/C8H12ClN3O/c1-6(5-13)12(2)7-3-4-10-8(9)11-7/h3-4,6,13H,5H2,1-2H3. The SMILES string of the molecule is CC(CO)N(C)c1ccnc(Cl)n1. The number of aliphatic hydroxyl groups is 1. The summed E-state index contributed by atoms with van der Waals surface area (Å²) in [4.78, 5) is 9.62. The Kier molecular flexibility index (Phi) is 3.45. The van der Waals surface area contributed by atoms with Gasteiger partial charge in [-0.3, -0.25) is 0 Å². The topological polar surface area (TPSA) is 49.2 Å². The van der Waals surface area contributed by atoms with E-state index in [9.17, 15) is 0 Å². The monoisotopic (exact) mass is 201 g/mol. The number of likely N-dealkylation sites (N-methyl/N-ethyl adjacent to an activating group) is 1. The number of rotatable bonds is 3. The summed E-state index contributed by atoms with van der Waals surface area (Å²) in [5.41, 5.74) is 0. The smallest absolute Gasteiger partial charge is 0.224 e. The molecule has 5 heteroatoms. The number of anilines is 1. The van der Waals surface area contributed by atoms with E-state index in [1.807, 2.05) is 18.9 Å². The van der Waals surface area contributed by atoms with E-state index in [0.717, 1.165) is 0 Å². The molecule has 1 unspecified atom stereocenters. The summed E-state index contributed by atoms with van der Waals surface area (Å²) in [6, 6.07) is 1.77. The molecule has 1 N–H and O–H groups in total. The number of halogens is 1. The number of aliphatic hydroxyl groups excluding tert-OH is 1. The first-order valence-corrected chi connectivity index (χ1v) is 4.35. The van der Waals surface area contributed by atoms with Crippen LogP contribution in [0.2, 0.25) is 5.28 Å². The van der Waals surface area contributed by atoms with Gasteiger partial charge in [0.15, 0.2) is 0 Å². The fourth-order valence-corrected chi connectivity index (χ4v) is 1.01. The minimum absolute atomic E-state index is 0.0194. The first-order valence-electron chi connectivity index (χ1n) is 3.97. The molecule has 1 atom stereocenters. The van der Waals surface area contributed by atoms with E-state index in [2.05, 4.69) is 9.97 Å². The zero-order valence-corrected chi connectivity index (χ0v) is 8.36. The molecule has 0 radical (unpaired) electrons. The maximum absolute atomic E-state index is 8.92. The molecule has 4 nitrogen and oxygen atoms in total. The van der Waals surface area contributed by atoms with E-state index in [-0.39, 0.29) is 17.9 Å². The third-order valence-corrected chi connectivity index (χ3v) is 2.08. The van der Waals surface area contributed by atoms with Crippen molar-refractivity contribution >= 4 is 17.4 Å². The lowest BCUT2D eigenvalue weighted by molar-refractivity contribution is 0.270. The Hall–Kier alpha value is -0.870. The average molecular weight is 202 g/mol. The van der Waals surface area contributed by atoms with Crippen LogP contribution in [0.25, 0.3) is 0 Å². The molecule has 0 fully saturated rings. The van der Waals surface area contributed by atoms with Crippen LogP contribution < -0.4 is 4.90 Å². The summed E-state index contributed by atoms with van der Waals surface area (Å²) in [5, 5.41) is 9.13. The van der Waals surface area contributed by atoms with Gasteiger partial charge >= 0.3 is 0 Å². The van der Waals surface area contributed by atoms with Gasteiger partial charge in [0.25, 0.3) is 0 Å². The summed E-state index contributed by atoms with van der Waals surface area (Å²) >= 11 is 5.63. The molecular formula is C8H12ClN3O. The molecule has 0 aliphatic rings. The second-order valence-electron chi connectivity index (χ2n) is 2.83. The molecular weight excluding hydrogens is 190 g/mol. The van der Waals surface area contributed by atoms with Crippen LogP contribution in [0, 0.1) is 0 Å². The van der Waals surface area contributed by atoms with Crippen LogP contribution in [-0.2, 0) is 0 Å². The first-order chi connectivity index (χ1) is 6.15. The molecule has 0 amide bonds. The van der Waals surface area contributed by atoms with Gasteiger partial charge in [-0.2, -0.15) is 0 Å². The Labute approximate surface area is 82.2 Å². The van der Waals surface area contributed by atoms with Crippen LogP contribution in [0.15, 0.2) is 12.3 Å². The summed E-state index contributed by atoms with van der Waals surface area (Å²) in [6.07, 6.45) is 1.59. The third kappa shape index (κ3) is 2.54. The van der Waals surface area contributed by atoms with Crippen LogP contribution in [-0.4, -0.2) is 34.8 Å². The van der Waals surface area contributed by atoms with Crippen molar-refractivity contribution in [2.75, 3.05) is 18.6 Å². The van der Waals surface area contributed by atoms with Crippen molar-refractivity contribution in [3.05, 3.63) is 17.5 Å². The summed E-state index contributed by atoms with van der Waals surface area (Å²) < 4.78 is 0. The van der Waals surface area contributed by atoms with Crippen molar-refractivity contribution in [3.63, 3.8) is 0 Å². The summed E-state index contributed by atoms with van der Waals surface area (Å²) in [6.45, 7) is 1.98. The molecule has 0 aliphatic carbocycles. The minimum Gasteiger partial charge on any atom is -0.394 e. The Balaban J connectivity index is 2.82. The average Bonchev–Trinajstić information content (AvgIpc) is 2.15. The zero-order chi connectivity index (χ0) is 9.84. The molecule has 13 heavy (non-hydrogen) atoms.